The summed E-state index contributed by atoms with van der Waals surface area (Å²) in [6, 6.07) is 8.05. The second kappa shape index (κ2) is 6.88. The molecule has 1 N–H and O–H groups in total. The fraction of sp³-hybridized carbons (Fsp3) is 0.278. The number of carbonyl (C=O) groups is 1. The van der Waals surface area contributed by atoms with Gasteiger partial charge in [-0.25, -0.2) is 4.39 Å². The zero-order valence-electron chi connectivity index (χ0n) is 14.3. The molecule has 0 saturated heterocycles. The van der Waals surface area contributed by atoms with Crippen molar-refractivity contribution in [2.45, 2.75) is 33.9 Å². The Morgan fingerprint density at radius 2 is 2.08 bits per heavy atom. The second-order valence-corrected chi connectivity index (χ2v) is 5.96. The first-order chi connectivity index (χ1) is 11.9. The van der Waals surface area contributed by atoms with E-state index in [1.54, 1.807) is 23.7 Å². The molecule has 0 atom stereocenters. The van der Waals surface area contributed by atoms with Gasteiger partial charge in [0.15, 0.2) is 5.69 Å². The van der Waals surface area contributed by atoms with Gasteiger partial charge in [0.25, 0.3) is 5.91 Å². The average Bonchev–Trinajstić information content (AvgIpc) is 3.08. The van der Waals surface area contributed by atoms with Crippen molar-refractivity contribution < 1.29 is 13.7 Å². The molecular weight excluding hydrogens is 323 g/mol. The SMILES string of the molecule is Cc1cc(C)n(Cc2c(C(=O)NCc3cccc(F)c3)noc2C)n1. The standard InChI is InChI=1S/C18H19FN4O2/c1-11-7-12(2)23(21-11)10-16-13(3)25-22-17(16)18(24)20-9-14-5-4-6-15(19)8-14/h4-8H,9-10H2,1-3H3,(H,20,24). The summed E-state index contributed by atoms with van der Waals surface area (Å²) in [5.41, 5.74) is 3.48. The lowest BCUT2D eigenvalue weighted by Gasteiger charge is -2.07. The normalized spacial score (nSPS) is 10.9. The van der Waals surface area contributed by atoms with Gasteiger partial charge in [-0.2, -0.15) is 5.10 Å². The highest BCUT2D eigenvalue weighted by atomic mass is 19.1. The number of carbonyl (C=O) groups excluding carboxylic acids is 1. The number of amides is 1. The van der Waals surface area contributed by atoms with Gasteiger partial charge in [-0.15, -0.1) is 0 Å². The zero-order valence-corrected chi connectivity index (χ0v) is 14.3. The maximum atomic E-state index is 13.2. The predicted molar refractivity (Wildman–Crippen MR) is 89.6 cm³/mol. The Bertz CT molecular complexity index is 914. The molecule has 130 valence electrons. The van der Waals surface area contributed by atoms with Crippen LogP contribution in [0, 0.1) is 26.6 Å². The fourth-order valence-corrected chi connectivity index (χ4v) is 2.65. The number of aromatic nitrogens is 3. The predicted octanol–water partition coefficient (Wildman–Crippen LogP) is 2.91. The maximum Gasteiger partial charge on any atom is 0.274 e. The average molecular weight is 342 g/mol. The lowest BCUT2D eigenvalue weighted by Crippen LogP contribution is -2.25. The molecule has 3 rings (SSSR count). The van der Waals surface area contributed by atoms with Gasteiger partial charge in [-0.1, -0.05) is 17.3 Å². The van der Waals surface area contributed by atoms with Crippen molar-refractivity contribution in [2.24, 2.45) is 0 Å². The van der Waals surface area contributed by atoms with Crippen LogP contribution in [0.4, 0.5) is 4.39 Å². The summed E-state index contributed by atoms with van der Waals surface area (Å²) in [6.07, 6.45) is 0. The van der Waals surface area contributed by atoms with E-state index in [0.717, 1.165) is 11.4 Å². The molecule has 2 aromatic heterocycles. The summed E-state index contributed by atoms with van der Waals surface area (Å²) >= 11 is 0. The third kappa shape index (κ3) is 3.76. The smallest absolute Gasteiger partial charge is 0.274 e. The molecule has 2 heterocycles. The molecule has 3 aromatic rings. The molecule has 0 aliphatic carbocycles. The summed E-state index contributed by atoms with van der Waals surface area (Å²) in [5.74, 6) is -0.129. The molecule has 0 bridgehead atoms. The van der Waals surface area contributed by atoms with Crippen molar-refractivity contribution in [2.75, 3.05) is 0 Å². The molecule has 0 unspecified atom stereocenters. The van der Waals surface area contributed by atoms with Crippen LogP contribution in [0.15, 0.2) is 34.9 Å². The van der Waals surface area contributed by atoms with Gasteiger partial charge >= 0.3 is 0 Å². The molecule has 0 fully saturated rings. The minimum atomic E-state index is -0.363. The summed E-state index contributed by atoms with van der Waals surface area (Å²) in [4.78, 5) is 12.5. The highest BCUT2D eigenvalue weighted by Crippen LogP contribution is 2.16. The number of nitrogens with one attached hydrogen (secondary N) is 1. The van der Waals surface area contributed by atoms with Crippen LogP contribution in [0.3, 0.4) is 0 Å². The minimum Gasteiger partial charge on any atom is -0.361 e. The molecule has 0 radical (unpaired) electrons. The first-order valence-electron chi connectivity index (χ1n) is 7.93. The topological polar surface area (TPSA) is 73.0 Å². The van der Waals surface area contributed by atoms with Crippen LogP contribution >= 0.6 is 0 Å². The van der Waals surface area contributed by atoms with E-state index in [9.17, 15) is 9.18 Å². The molecule has 0 spiro atoms. The van der Waals surface area contributed by atoms with E-state index in [1.807, 2.05) is 19.9 Å². The van der Waals surface area contributed by atoms with Crippen molar-refractivity contribution in [1.82, 2.24) is 20.3 Å². The number of halogens is 1. The lowest BCUT2D eigenvalue weighted by atomic mass is 10.1. The second-order valence-electron chi connectivity index (χ2n) is 5.96. The van der Waals surface area contributed by atoms with Crippen molar-refractivity contribution >= 4 is 5.91 Å². The molecule has 1 aromatic carbocycles. The highest BCUT2D eigenvalue weighted by molar-refractivity contribution is 5.93. The van der Waals surface area contributed by atoms with Crippen LogP contribution in [-0.2, 0) is 13.1 Å². The molecule has 0 aliphatic heterocycles. The fourth-order valence-electron chi connectivity index (χ4n) is 2.65. The molecule has 0 aliphatic rings. The minimum absolute atomic E-state index is 0.210. The van der Waals surface area contributed by atoms with Gasteiger partial charge in [0.05, 0.1) is 12.2 Å². The monoisotopic (exact) mass is 342 g/mol. The molecule has 0 saturated carbocycles. The van der Waals surface area contributed by atoms with Gasteiger partial charge in [0.1, 0.15) is 11.6 Å². The number of nitrogens with zero attached hydrogens (tertiary/aromatic N) is 3. The number of hydrogen-bond donors (Lipinski definition) is 1. The molecule has 1 amide bonds. The summed E-state index contributed by atoms with van der Waals surface area (Å²) in [7, 11) is 0. The van der Waals surface area contributed by atoms with Crippen LogP contribution in [0.25, 0.3) is 0 Å². The Balaban J connectivity index is 1.76. The van der Waals surface area contributed by atoms with E-state index < -0.39 is 0 Å². The van der Waals surface area contributed by atoms with E-state index in [4.69, 9.17) is 4.52 Å². The van der Waals surface area contributed by atoms with Crippen molar-refractivity contribution in [3.63, 3.8) is 0 Å². The first-order valence-corrected chi connectivity index (χ1v) is 7.93. The maximum absolute atomic E-state index is 13.2. The van der Waals surface area contributed by atoms with Crippen LogP contribution < -0.4 is 5.32 Å². The Morgan fingerprint density at radius 1 is 1.28 bits per heavy atom. The molecule has 6 nitrogen and oxygen atoms in total. The highest BCUT2D eigenvalue weighted by Gasteiger charge is 2.20. The molecular formula is C18H19FN4O2. The van der Waals surface area contributed by atoms with E-state index in [0.29, 0.717) is 23.4 Å². The number of benzene rings is 1. The van der Waals surface area contributed by atoms with Crippen LogP contribution in [-0.4, -0.2) is 20.8 Å². The third-order valence-electron chi connectivity index (χ3n) is 3.95. The van der Waals surface area contributed by atoms with Gasteiger partial charge < -0.3 is 9.84 Å². The Hall–Kier alpha value is -2.96. The van der Waals surface area contributed by atoms with Gasteiger partial charge in [0.2, 0.25) is 0 Å². The van der Waals surface area contributed by atoms with Gasteiger partial charge in [-0.3, -0.25) is 9.48 Å². The summed E-state index contributed by atoms with van der Waals surface area (Å²) in [5, 5.41) is 11.0. The quantitative estimate of drug-likeness (QED) is 0.774. The van der Waals surface area contributed by atoms with E-state index >= 15 is 0 Å². The third-order valence-corrected chi connectivity index (χ3v) is 3.95. The Morgan fingerprint density at radius 3 is 2.76 bits per heavy atom. The first kappa shape index (κ1) is 16.9. The van der Waals surface area contributed by atoms with Crippen molar-refractivity contribution in [3.05, 3.63) is 70.1 Å². The van der Waals surface area contributed by atoms with E-state index in [-0.39, 0.29) is 24.0 Å². The van der Waals surface area contributed by atoms with Gasteiger partial charge in [0, 0.05) is 17.8 Å². The Labute approximate surface area is 144 Å². The lowest BCUT2D eigenvalue weighted by molar-refractivity contribution is 0.0941. The zero-order chi connectivity index (χ0) is 18.0. The van der Waals surface area contributed by atoms with Crippen LogP contribution in [0.5, 0.6) is 0 Å². The number of aryl methyl sites for hydroxylation is 3. The van der Waals surface area contributed by atoms with E-state index in [2.05, 4.69) is 15.6 Å². The van der Waals surface area contributed by atoms with Gasteiger partial charge in [-0.05, 0) is 44.5 Å². The number of hydrogen-bond acceptors (Lipinski definition) is 4. The largest absolute Gasteiger partial charge is 0.361 e. The molecule has 25 heavy (non-hydrogen) atoms. The Kier molecular flexibility index (Phi) is 4.65. The molecule has 7 heteroatoms. The van der Waals surface area contributed by atoms with Crippen LogP contribution in [0.1, 0.15) is 38.8 Å². The van der Waals surface area contributed by atoms with Crippen LogP contribution in [0.2, 0.25) is 0 Å². The summed E-state index contributed by atoms with van der Waals surface area (Å²) < 4.78 is 20.2. The summed E-state index contributed by atoms with van der Waals surface area (Å²) in [6.45, 7) is 6.24. The van der Waals surface area contributed by atoms with Crippen molar-refractivity contribution in [1.29, 1.82) is 0 Å². The number of rotatable bonds is 5. The van der Waals surface area contributed by atoms with Crippen molar-refractivity contribution in [3.8, 4) is 0 Å². The van der Waals surface area contributed by atoms with E-state index in [1.165, 1.54) is 12.1 Å².